The maximum Gasteiger partial charge on any atom is 0.333 e. The number of hydroxylamine groups is 2. The number of anilines is 1. The highest BCUT2D eigenvalue weighted by Crippen LogP contribution is 2.51. The van der Waals surface area contributed by atoms with Crippen LogP contribution in [0.15, 0.2) is 82.3 Å². The van der Waals surface area contributed by atoms with Crippen molar-refractivity contribution < 1.29 is 51.4 Å². The second kappa shape index (κ2) is 15.2. The molecule has 0 spiro atoms. The summed E-state index contributed by atoms with van der Waals surface area (Å²) in [7, 11) is -4.74. The molecule has 1 fully saturated rings. The van der Waals surface area contributed by atoms with Crippen LogP contribution in [0.2, 0.25) is 0 Å². The van der Waals surface area contributed by atoms with Gasteiger partial charge in [0.15, 0.2) is 5.71 Å². The smallest absolute Gasteiger partial charge is 0.333 e. The molecular weight excluding hydrogens is 699 g/mol. The molecule has 2 aromatic carbocycles. The Hall–Kier alpha value is -4.12. The third-order valence-corrected chi connectivity index (χ3v) is 11.0. The van der Waals surface area contributed by atoms with E-state index in [4.69, 9.17) is 4.84 Å². The molecule has 0 bridgehead atoms. The number of allylic oxidation sites excluding steroid dienone is 6. The minimum absolute atomic E-state index is 0.00622. The Kier molecular flexibility index (Phi) is 11.4. The number of carbonyl (C=O) groups excluding carboxylic acids is 3. The van der Waals surface area contributed by atoms with Crippen LogP contribution in [0.5, 0.6) is 0 Å². The Balaban J connectivity index is 1.41. The van der Waals surface area contributed by atoms with E-state index >= 15 is 0 Å². The summed E-state index contributed by atoms with van der Waals surface area (Å²) < 4.78 is 42.8. The Bertz CT molecular complexity index is 1950. The van der Waals surface area contributed by atoms with Gasteiger partial charge in [-0.05, 0) is 89.4 Å². The zero-order chi connectivity index (χ0) is 37.1. The van der Waals surface area contributed by atoms with E-state index < -0.39 is 33.3 Å². The molecule has 2 aromatic rings. The molecule has 1 unspecified atom stereocenters. The number of nitrogens with zero attached hydrogens (tertiary/aromatic N) is 3. The number of hydrogen-bond acceptors (Lipinski definition) is 12. The number of benzene rings is 2. The summed E-state index contributed by atoms with van der Waals surface area (Å²) in [6.45, 7) is 11.5. The van der Waals surface area contributed by atoms with Crippen LogP contribution in [-0.4, -0.2) is 59.2 Å². The average molecular weight is 739 g/mol. The molecule has 51 heavy (non-hydrogen) atoms. The highest BCUT2D eigenvalue weighted by Gasteiger charge is 2.45. The van der Waals surface area contributed by atoms with E-state index in [0.717, 1.165) is 51.8 Å². The number of fused-ring (bicyclic) bond motifs is 2. The first-order valence-electron chi connectivity index (χ1n) is 16.6. The molecule has 1 atom stereocenters. The monoisotopic (exact) mass is 738 g/mol. The van der Waals surface area contributed by atoms with Gasteiger partial charge in [-0.25, -0.2) is 13.2 Å². The van der Waals surface area contributed by atoms with E-state index in [9.17, 15) is 32.6 Å². The minimum Gasteiger partial charge on any atom is -0.744 e. The second-order valence-electron chi connectivity index (χ2n) is 13.1. The Labute approximate surface area is 301 Å². The van der Waals surface area contributed by atoms with Gasteiger partial charge in [0.1, 0.15) is 16.7 Å². The molecule has 272 valence electrons. The van der Waals surface area contributed by atoms with Gasteiger partial charge in [-0.1, -0.05) is 18.2 Å². The number of hydrogen-bond donors (Lipinski definition) is 0. The third kappa shape index (κ3) is 7.59. The summed E-state index contributed by atoms with van der Waals surface area (Å²) in [6, 6.07) is 10.2. The maximum absolute atomic E-state index is 12.6. The fraction of sp³-hybridized carbons (Fsp3) is 0.389. The molecule has 13 nitrogen and oxygen atoms in total. The van der Waals surface area contributed by atoms with Gasteiger partial charge in [0.2, 0.25) is 5.69 Å². The van der Waals surface area contributed by atoms with Crippen molar-refractivity contribution in [3.05, 3.63) is 83.6 Å². The van der Waals surface area contributed by atoms with E-state index in [0.29, 0.717) is 23.6 Å². The summed E-state index contributed by atoms with van der Waals surface area (Å²) in [5.74, 6) is -1.85. The quantitative estimate of drug-likeness (QED) is 0.0495. The number of carbonyl (C=O) groups is 3. The van der Waals surface area contributed by atoms with Gasteiger partial charge in [0, 0.05) is 65.2 Å². The summed E-state index contributed by atoms with van der Waals surface area (Å²) in [5, 5.41) is 14.4. The number of amides is 2. The van der Waals surface area contributed by atoms with Crippen molar-refractivity contribution in [3.8, 4) is 0 Å². The predicted molar refractivity (Wildman–Crippen MR) is 185 cm³/mol. The lowest BCUT2D eigenvalue weighted by Gasteiger charge is -2.30. The van der Waals surface area contributed by atoms with Crippen molar-refractivity contribution in [2.75, 3.05) is 18.0 Å². The summed E-state index contributed by atoms with van der Waals surface area (Å²) in [5.41, 5.74) is 4.28. The zero-order valence-corrected chi connectivity index (χ0v) is 30.7. The lowest BCUT2D eigenvalue weighted by Crippen LogP contribution is -2.32. The van der Waals surface area contributed by atoms with Gasteiger partial charge in [0.25, 0.3) is 11.8 Å². The first-order chi connectivity index (χ1) is 24.2. The highest BCUT2D eigenvalue weighted by atomic mass is 32.2. The summed E-state index contributed by atoms with van der Waals surface area (Å²) in [6.07, 6.45) is 10.3. The van der Waals surface area contributed by atoms with Crippen LogP contribution in [0.25, 0.3) is 0 Å². The minimum atomic E-state index is -4.74. The van der Waals surface area contributed by atoms with E-state index in [1.165, 1.54) is 12.1 Å². The fourth-order valence-electron chi connectivity index (χ4n) is 7.14. The van der Waals surface area contributed by atoms with Crippen LogP contribution in [0.1, 0.15) is 77.8 Å². The molecule has 0 saturated carbocycles. The van der Waals surface area contributed by atoms with Crippen LogP contribution in [0.4, 0.5) is 11.4 Å². The molecule has 5 rings (SSSR count). The van der Waals surface area contributed by atoms with Crippen LogP contribution >= 0.6 is 12.0 Å². The Morgan fingerprint density at radius 2 is 1.75 bits per heavy atom. The lowest BCUT2D eigenvalue weighted by molar-refractivity contribution is -0.777. The van der Waals surface area contributed by atoms with Crippen molar-refractivity contribution >= 4 is 57.0 Å². The average Bonchev–Trinajstić information content (AvgIpc) is 3.61. The van der Waals surface area contributed by atoms with Crippen LogP contribution in [-0.2, 0) is 49.5 Å². The normalized spacial score (nSPS) is 20.8. The number of likely N-dealkylation sites (N-methyl/N-ethyl adjacent to an activating group) is 1. The van der Waals surface area contributed by atoms with Crippen LogP contribution in [0.3, 0.4) is 0 Å². The molecule has 2 amide bonds. The molecule has 0 aliphatic carbocycles. The van der Waals surface area contributed by atoms with Gasteiger partial charge >= 0.3 is 5.97 Å². The number of rotatable bonds is 14. The first-order valence-corrected chi connectivity index (χ1v) is 18.7. The van der Waals surface area contributed by atoms with E-state index in [-0.39, 0.29) is 36.0 Å². The second-order valence-corrected chi connectivity index (χ2v) is 15.2. The lowest BCUT2D eigenvalue weighted by atomic mass is 9.77. The van der Waals surface area contributed by atoms with Crippen molar-refractivity contribution in [2.24, 2.45) is 0 Å². The van der Waals surface area contributed by atoms with Crippen molar-refractivity contribution in [2.45, 2.75) is 87.3 Å². The van der Waals surface area contributed by atoms with Crippen molar-refractivity contribution in [1.29, 1.82) is 0 Å². The van der Waals surface area contributed by atoms with Gasteiger partial charge in [-0.2, -0.15) is 8.91 Å². The maximum atomic E-state index is 12.6. The molecule has 3 aliphatic rings. The molecule has 0 aromatic heterocycles. The van der Waals surface area contributed by atoms with Gasteiger partial charge in [-0.3, -0.25) is 14.6 Å². The fourth-order valence-corrected chi connectivity index (χ4v) is 8.03. The van der Waals surface area contributed by atoms with Crippen molar-refractivity contribution in [1.82, 2.24) is 5.06 Å². The van der Waals surface area contributed by atoms with Gasteiger partial charge < -0.3 is 19.5 Å². The third-order valence-electron chi connectivity index (χ3n) is 9.64. The summed E-state index contributed by atoms with van der Waals surface area (Å²) in [4.78, 5) is 43.9. The topological polar surface area (TPSA) is 169 Å². The molecule has 0 N–H and O–H groups in total. The number of imide groups is 1. The molecule has 3 aliphatic heterocycles. The van der Waals surface area contributed by atoms with E-state index in [1.54, 1.807) is 6.07 Å². The molecular formula is C36H40N3O10S2-. The Morgan fingerprint density at radius 1 is 1.02 bits per heavy atom. The van der Waals surface area contributed by atoms with Gasteiger partial charge in [-0.15, -0.1) is 5.06 Å². The molecule has 0 radical (unpaired) electrons. The largest absolute Gasteiger partial charge is 0.744 e. The predicted octanol–water partition coefficient (Wildman–Crippen LogP) is 4.79. The highest BCUT2D eigenvalue weighted by molar-refractivity contribution is 7.94. The van der Waals surface area contributed by atoms with Crippen LogP contribution in [0, 0.1) is 0 Å². The SMILES string of the molecule is CCN1/C(=C/C=C/C=C/C2=[N+](CC)c3ccc(SOO[O-])cc3C2(C)C)C(C)(CCCC(=O)ON2C(=O)CCC2=O)c2cc(S(=O)(=O)[O-])ccc21. The molecule has 3 heterocycles. The Morgan fingerprint density at radius 3 is 2.39 bits per heavy atom. The zero-order valence-electron chi connectivity index (χ0n) is 29.0. The van der Waals surface area contributed by atoms with E-state index in [1.807, 2.05) is 61.3 Å². The van der Waals surface area contributed by atoms with E-state index in [2.05, 4.69) is 40.8 Å². The standard InChI is InChI=1S/C36H41N3O10S2/c1-6-37-28-17-15-24(50-49-48-43)22-26(28)35(3,4)30(37)12-9-8-10-13-31-36(5,21-11-14-34(42)47-39-32(40)19-20-33(39)41)27-23-25(51(44,45)46)16-18-29(27)38(31)7-2/h8-10,12-13,15-18,22-23H,6-7,11,14,19-21H2,1-5H3,(H-,43,44,45,46)/p-1. The van der Waals surface area contributed by atoms with Crippen LogP contribution < -0.4 is 10.2 Å². The first kappa shape index (κ1) is 38.1. The summed E-state index contributed by atoms with van der Waals surface area (Å²) >= 11 is 0.849. The molecule has 1 saturated heterocycles. The molecule has 15 heteroatoms. The van der Waals surface area contributed by atoms with Gasteiger partial charge in [0.05, 0.1) is 22.4 Å². The van der Waals surface area contributed by atoms with Crippen molar-refractivity contribution in [3.63, 3.8) is 0 Å².